The molecule has 3 aromatic rings. The second-order valence-corrected chi connectivity index (χ2v) is 5.34. The van der Waals surface area contributed by atoms with E-state index in [0.29, 0.717) is 17.7 Å². The Morgan fingerprint density at radius 3 is 2.62 bits per heavy atom. The Bertz CT molecular complexity index is 955. The SMILES string of the molecule is CCc1ccc(C(=O)Nc2c(C(N)=O)oc3cc(C)c(F)cc23)o1. The molecule has 0 bridgehead atoms. The van der Waals surface area contributed by atoms with E-state index in [1.807, 2.05) is 6.92 Å². The monoisotopic (exact) mass is 330 g/mol. The van der Waals surface area contributed by atoms with Crippen LogP contribution in [0.1, 0.15) is 39.4 Å². The average Bonchev–Trinajstić information content (AvgIpc) is 3.14. The van der Waals surface area contributed by atoms with E-state index in [0.717, 1.165) is 0 Å². The summed E-state index contributed by atoms with van der Waals surface area (Å²) in [6.45, 7) is 3.45. The Balaban J connectivity index is 2.06. The standard InChI is InChI=1S/C17H15FN2O4/c1-3-9-4-5-12(23-9)17(22)20-14-10-7-11(18)8(2)6-13(10)24-15(14)16(19)21/h4-7H,3H2,1-2H3,(H2,19,21)(H,20,22). The lowest BCUT2D eigenvalue weighted by Gasteiger charge is -2.03. The van der Waals surface area contributed by atoms with Gasteiger partial charge in [0, 0.05) is 11.8 Å². The molecule has 2 aromatic heterocycles. The number of amides is 2. The van der Waals surface area contributed by atoms with Crippen LogP contribution < -0.4 is 11.1 Å². The molecule has 24 heavy (non-hydrogen) atoms. The van der Waals surface area contributed by atoms with E-state index in [4.69, 9.17) is 14.6 Å². The van der Waals surface area contributed by atoms with Crippen LogP contribution in [0.5, 0.6) is 0 Å². The summed E-state index contributed by atoms with van der Waals surface area (Å²) in [5.74, 6) is -1.46. The molecule has 7 heteroatoms. The minimum Gasteiger partial charge on any atom is -0.456 e. The highest BCUT2D eigenvalue weighted by Crippen LogP contribution is 2.33. The Labute approximate surface area is 136 Å². The summed E-state index contributed by atoms with van der Waals surface area (Å²) in [6, 6.07) is 5.83. The minimum absolute atomic E-state index is 0.0239. The van der Waals surface area contributed by atoms with Gasteiger partial charge in [0.25, 0.3) is 11.8 Å². The van der Waals surface area contributed by atoms with Crippen molar-refractivity contribution in [3.05, 3.63) is 52.9 Å². The summed E-state index contributed by atoms with van der Waals surface area (Å²) < 4.78 is 24.6. The highest BCUT2D eigenvalue weighted by Gasteiger charge is 2.23. The van der Waals surface area contributed by atoms with E-state index >= 15 is 0 Å². The van der Waals surface area contributed by atoms with Gasteiger partial charge in [0.1, 0.15) is 22.8 Å². The number of nitrogens with one attached hydrogen (secondary N) is 1. The second kappa shape index (κ2) is 5.84. The molecule has 0 aliphatic heterocycles. The lowest BCUT2D eigenvalue weighted by Crippen LogP contribution is -2.16. The van der Waals surface area contributed by atoms with Gasteiger partial charge in [-0.05, 0) is 36.8 Å². The molecule has 0 saturated heterocycles. The molecule has 0 aliphatic rings. The normalized spacial score (nSPS) is 11.0. The number of fused-ring (bicyclic) bond motifs is 1. The summed E-state index contributed by atoms with van der Waals surface area (Å²) in [7, 11) is 0. The molecule has 2 amide bonds. The molecule has 124 valence electrons. The number of primary amides is 1. The van der Waals surface area contributed by atoms with Crippen LogP contribution in [-0.4, -0.2) is 11.8 Å². The van der Waals surface area contributed by atoms with Crippen molar-refractivity contribution < 1.29 is 22.8 Å². The van der Waals surface area contributed by atoms with E-state index in [-0.39, 0.29) is 28.2 Å². The minimum atomic E-state index is -0.867. The zero-order valence-corrected chi connectivity index (χ0v) is 13.1. The maximum atomic E-state index is 13.9. The Morgan fingerprint density at radius 1 is 1.25 bits per heavy atom. The number of furan rings is 2. The number of hydrogen-bond acceptors (Lipinski definition) is 4. The van der Waals surface area contributed by atoms with Gasteiger partial charge in [-0.25, -0.2) is 4.39 Å². The topological polar surface area (TPSA) is 98.5 Å². The first kappa shape index (κ1) is 15.8. The van der Waals surface area contributed by atoms with Gasteiger partial charge in [0.05, 0.1) is 0 Å². The zero-order chi connectivity index (χ0) is 17.4. The van der Waals surface area contributed by atoms with Crippen molar-refractivity contribution in [2.24, 2.45) is 5.73 Å². The van der Waals surface area contributed by atoms with Gasteiger partial charge in [0.15, 0.2) is 5.76 Å². The molecule has 3 N–H and O–H groups in total. The van der Waals surface area contributed by atoms with E-state index in [2.05, 4.69) is 5.32 Å². The number of hydrogen-bond donors (Lipinski definition) is 2. The molecule has 3 rings (SSSR count). The number of rotatable bonds is 4. The average molecular weight is 330 g/mol. The van der Waals surface area contributed by atoms with Crippen LogP contribution >= 0.6 is 0 Å². The maximum absolute atomic E-state index is 13.9. The van der Waals surface area contributed by atoms with E-state index in [9.17, 15) is 14.0 Å². The van der Waals surface area contributed by atoms with Crippen molar-refractivity contribution in [1.82, 2.24) is 0 Å². The summed E-state index contributed by atoms with van der Waals surface area (Å²) in [5.41, 5.74) is 5.92. The first-order chi connectivity index (χ1) is 11.4. The number of anilines is 1. The Morgan fingerprint density at radius 2 is 2.00 bits per heavy atom. The van der Waals surface area contributed by atoms with Crippen LogP contribution in [0.4, 0.5) is 10.1 Å². The fourth-order valence-corrected chi connectivity index (χ4v) is 2.38. The second-order valence-electron chi connectivity index (χ2n) is 5.34. The van der Waals surface area contributed by atoms with E-state index < -0.39 is 17.6 Å². The van der Waals surface area contributed by atoms with Crippen molar-refractivity contribution >= 4 is 28.5 Å². The molecule has 0 atom stereocenters. The van der Waals surface area contributed by atoms with Gasteiger partial charge >= 0.3 is 0 Å². The van der Waals surface area contributed by atoms with Gasteiger partial charge < -0.3 is 19.9 Å². The fraction of sp³-hybridized carbons (Fsp3) is 0.176. The number of benzene rings is 1. The highest BCUT2D eigenvalue weighted by atomic mass is 19.1. The molecule has 6 nitrogen and oxygen atoms in total. The van der Waals surface area contributed by atoms with Gasteiger partial charge in [-0.15, -0.1) is 0 Å². The Kier molecular flexibility index (Phi) is 3.84. The van der Waals surface area contributed by atoms with Gasteiger partial charge in [-0.2, -0.15) is 0 Å². The third-order valence-corrected chi connectivity index (χ3v) is 3.67. The molecule has 0 spiro atoms. The van der Waals surface area contributed by atoms with Crippen LogP contribution in [-0.2, 0) is 6.42 Å². The number of carbonyl (C=O) groups is 2. The van der Waals surface area contributed by atoms with Gasteiger partial charge in [0.2, 0.25) is 5.76 Å². The van der Waals surface area contributed by atoms with Gasteiger partial charge in [-0.3, -0.25) is 9.59 Å². The van der Waals surface area contributed by atoms with E-state index in [1.54, 1.807) is 13.0 Å². The van der Waals surface area contributed by atoms with Crippen molar-refractivity contribution in [2.75, 3.05) is 5.32 Å². The van der Waals surface area contributed by atoms with Crippen LogP contribution in [0.2, 0.25) is 0 Å². The lowest BCUT2D eigenvalue weighted by atomic mass is 10.1. The molecular formula is C17H15FN2O4. The van der Waals surface area contributed by atoms with E-state index in [1.165, 1.54) is 18.2 Å². The molecule has 0 unspecified atom stereocenters. The largest absolute Gasteiger partial charge is 0.456 e. The highest BCUT2D eigenvalue weighted by molar-refractivity contribution is 6.13. The predicted octanol–water partition coefficient (Wildman–Crippen LogP) is 3.39. The number of halogens is 1. The number of aryl methyl sites for hydroxylation is 2. The number of nitrogens with two attached hydrogens (primary N) is 1. The van der Waals surface area contributed by atoms with Crippen molar-refractivity contribution in [1.29, 1.82) is 0 Å². The van der Waals surface area contributed by atoms with Crippen LogP contribution in [0.25, 0.3) is 11.0 Å². The molecule has 0 radical (unpaired) electrons. The summed E-state index contributed by atoms with van der Waals surface area (Å²) in [4.78, 5) is 23.9. The number of carbonyl (C=O) groups excluding carboxylic acids is 2. The Hall–Kier alpha value is -3.09. The molecular weight excluding hydrogens is 315 g/mol. The third kappa shape index (κ3) is 2.64. The van der Waals surface area contributed by atoms with Crippen molar-refractivity contribution in [3.63, 3.8) is 0 Å². The van der Waals surface area contributed by atoms with Crippen LogP contribution in [0.15, 0.2) is 33.1 Å². The van der Waals surface area contributed by atoms with Crippen LogP contribution in [0, 0.1) is 12.7 Å². The van der Waals surface area contributed by atoms with Crippen molar-refractivity contribution in [2.45, 2.75) is 20.3 Å². The maximum Gasteiger partial charge on any atom is 0.291 e. The molecule has 0 fully saturated rings. The fourth-order valence-electron chi connectivity index (χ4n) is 2.38. The lowest BCUT2D eigenvalue weighted by molar-refractivity contribution is 0.0977. The summed E-state index contributed by atoms with van der Waals surface area (Å²) in [5, 5.41) is 2.77. The zero-order valence-electron chi connectivity index (χ0n) is 13.1. The smallest absolute Gasteiger partial charge is 0.291 e. The molecule has 0 saturated carbocycles. The summed E-state index contributed by atoms with van der Waals surface area (Å²) in [6.07, 6.45) is 0.638. The van der Waals surface area contributed by atoms with Gasteiger partial charge in [-0.1, -0.05) is 6.92 Å². The van der Waals surface area contributed by atoms with Crippen molar-refractivity contribution in [3.8, 4) is 0 Å². The summed E-state index contributed by atoms with van der Waals surface area (Å²) >= 11 is 0. The molecule has 0 aliphatic carbocycles. The first-order valence-corrected chi connectivity index (χ1v) is 7.33. The van der Waals surface area contributed by atoms with Crippen LogP contribution in [0.3, 0.4) is 0 Å². The molecule has 2 heterocycles. The molecule has 1 aromatic carbocycles. The third-order valence-electron chi connectivity index (χ3n) is 3.67. The first-order valence-electron chi connectivity index (χ1n) is 7.33. The predicted molar refractivity (Wildman–Crippen MR) is 85.5 cm³/mol. The quantitative estimate of drug-likeness (QED) is 0.766.